The van der Waals surface area contributed by atoms with Gasteiger partial charge in [0.2, 0.25) is 12.0 Å². The first-order chi connectivity index (χ1) is 10.1. The largest absolute Gasteiger partial charge is 0.382 e. The third kappa shape index (κ3) is 4.44. The molecule has 2 amide bonds. The van der Waals surface area contributed by atoms with Crippen molar-refractivity contribution in [3.8, 4) is 0 Å². The van der Waals surface area contributed by atoms with Crippen molar-refractivity contribution in [1.82, 2.24) is 10.6 Å². The maximum atomic E-state index is 11.9. The minimum absolute atomic E-state index is 0.0567. The molecule has 1 aromatic rings. The number of rotatable bonds is 6. The van der Waals surface area contributed by atoms with Crippen LogP contribution in [0.4, 0.5) is 0 Å². The second kappa shape index (κ2) is 7.42. The fourth-order valence-corrected chi connectivity index (χ4v) is 2.77. The van der Waals surface area contributed by atoms with E-state index in [2.05, 4.69) is 15.8 Å². The van der Waals surface area contributed by atoms with Gasteiger partial charge in [0.1, 0.15) is 5.71 Å². The van der Waals surface area contributed by atoms with Crippen LogP contribution in [0.5, 0.6) is 0 Å². The Morgan fingerprint density at radius 2 is 2.29 bits per heavy atom. The predicted molar refractivity (Wildman–Crippen MR) is 81.7 cm³/mol. The van der Waals surface area contributed by atoms with E-state index in [1.807, 2.05) is 13.0 Å². The fraction of sp³-hybridized carbons (Fsp3) is 0.462. The number of oxime groups is 1. The van der Waals surface area contributed by atoms with Gasteiger partial charge < -0.3 is 15.5 Å². The summed E-state index contributed by atoms with van der Waals surface area (Å²) in [4.78, 5) is 29.3. The monoisotopic (exact) mass is 329 g/mol. The first kappa shape index (κ1) is 15.8. The summed E-state index contributed by atoms with van der Waals surface area (Å²) in [5.41, 5.74) is 0.697. The van der Waals surface area contributed by atoms with Gasteiger partial charge in [0, 0.05) is 13.0 Å². The molecule has 0 spiro atoms. The van der Waals surface area contributed by atoms with Crippen LogP contribution in [0.25, 0.3) is 0 Å². The number of carbonyl (C=O) groups is 2. The lowest BCUT2D eigenvalue weighted by Crippen LogP contribution is -2.41. The van der Waals surface area contributed by atoms with Crippen molar-refractivity contribution >= 4 is 40.5 Å². The molecule has 0 aliphatic carbocycles. The Hall–Kier alpha value is -1.60. The van der Waals surface area contributed by atoms with Gasteiger partial charge in [-0.15, -0.1) is 11.3 Å². The van der Waals surface area contributed by atoms with Crippen molar-refractivity contribution in [2.75, 3.05) is 13.1 Å². The Kier molecular flexibility index (Phi) is 5.58. The second-order valence-electron chi connectivity index (χ2n) is 4.51. The summed E-state index contributed by atoms with van der Waals surface area (Å²) in [7, 11) is 0. The molecule has 1 aromatic heterocycles. The van der Waals surface area contributed by atoms with Crippen molar-refractivity contribution < 1.29 is 14.4 Å². The minimum atomic E-state index is -0.695. The van der Waals surface area contributed by atoms with Crippen LogP contribution in [0.15, 0.2) is 17.3 Å². The molecule has 2 heterocycles. The first-order valence-electron chi connectivity index (χ1n) is 6.63. The zero-order valence-corrected chi connectivity index (χ0v) is 13.1. The molecule has 114 valence electrons. The summed E-state index contributed by atoms with van der Waals surface area (Å²) in [6.07, 6.45) is 0.533. The average molecular weight is 330 g/mol. The number of amides is 2. The third-order valence-corrected chi connectivity index (χ3v) is 4.09. The van der Waals surface area contributed by atoms with Gasteiger partial charge in [0.25, 0.3) is 5.91 Å². The molecule has 0 saturated carbocycles. The smallest absolute Gasteiger partial charge is 0.264 e. The molecule has 0 fully saturated rings. The third-order valence-electron chi connectivity index (χ3n) is 2.81. The van der Waals surface area contributed by atoms with E-state index in [4.69, 9.17) is 16.4 Å². The highest BCUT2D eigenvalue weighted by atomic mass is 35.5. The van der Waals surface area contributed by atoms with Crippen LogP contribution >= 0.6 is 22.9 Å². The van der Waals surface area contributed by atoms with Crippen LogP contribution in [0.3, 0.4) is 0 Å². The Bertz CT molecular complexity index is 559. The highest BCUT2D eigenvalue weighted by Crippen LogP contribution is 2.26. The van der Waals surface area contributed by atoms with Crippen LogP contribution in [-0.2, 0) is 14.4 Å². The zero-order valence-electron chi connectivity index (χ0n) is 11.5. The molecular formula is C13H16ClN3O3S. The number of hydrogen-bond acceptors (Lipinski definition) is 5. The molecule has 0 radical (unpaired) electrons. The van der Waals surface area contributed by atoms with E-state index in [9.17, 15) is 9.59 Å². The van der Waals surface area contributed by atoms with Gasteiger partial charge in [-0.1, -0.05) is 23.7 Å². The summed E-state index contributed by atoms with van der Waals surface area (Å²) >= 11 is 7.25. The van der Waals surface area contributed by atoms with Gasteiger partial charge in [0.15, 0.2) is 0 Å². The molecule has 2 N–H and O–H groups in total. The first-order valence-corrected chi connectivity index (χ1v) is 7.82. The van der Waals surface area contributed by atoms with Gasteiger partial charge >= 0.3 is 0 Å². The van der Waals surface area contributed by atoms with E-state index in [0.717, 1.165) is 11.3 Å². The van der Waals surface area contributed by atoms with Gasteiger partial charge in [-0.3, -0.25) is 9.59 Å². The number of thiophene rings is 1. The lowest BCUT2D eigenvalue weighted by molar-refractivity contribution is -0.133. The number of hydrogen-bond donors (Lipinski definition) is 2. The molecule has 21 heavy (non-hydrogen) atoms. The summed E-state index contributed by atoms with van der Waals surface area (Å²) in [6, 6.07) is 3.61. The molecule has 0 aromatic carbocycles. The second-order valence-corrected chi connectivity index (χ2v) is 6.22. The van der Waals surface area contributed by atoms with Crippen molar-refractivity contribution in [3.63, 3.8) is 0 Å². The number of nitrogens with zero attached hydrogens (tertiary/aromatic N) is 1. The highest BCUT2D eigenvalue weighted by Gasteiger charge is 2.29. The van der Waals surface area contributed by atoms with Gasteiger partial charge in [-0.2, -0.15) is 0 Å². The molecule has 2 rings (SSSR count). The summed E-state index contributed by atoms with van der Waals surface area (Å²) in [5, 5.41) is 9.12. The van der Waals surface area contributed by atoms with Crippen LogP contribution in [0.1, 0.15) is 24.6 Å². The van der Waals surface area contributed by atoms with Crippen molar-refractivity contribution in [2.45, 2.75) is 25.9 Å². The predicted octanol–water partition coefficient (Wildman–Crippen LogP) is 1.54. The summed E-state index contributed by atoms with van der Waals surface area (Å²) in [5.74, 6) is -0.558. The normalized spacial score (nSPS) is 17.0. The van der Waals surface area contributed by atoms with Crippen LogP contribution in [-0.4, -0.2) is 36.7 Å². The molecule has 0 saturated heterocycles. The van der Waals surface area contributed by atoms with Crippen molar-refractivity contribution in [1.29, 1.82) is 0 Å². The van der Waals surface area contributed by atoms with E-state index < -0.39 is 6.10 Å². The average Bonchev–Trinajstić information content (AvgIpc) is 3.11. The number of carbonyl (C=O) groups excluding carboxylic acids is 2. The molecule has 1 aliphatic rings. The molecule has 6 nitrogen and oxygen atoms in total. The van der Waals surface area contributed by atoms with Gasteiger partial charge in [-0.05, 0) is 18.6 Å². The van der Waals surface area contributed by atoms with Crippen LogP contribution in [0, 0.1) is 0 Å². The Balaban J connectivity index is 1.77. The molecule has 8 heteroatoms. The zero-order chi connectivity index (χ0) is 15.2. The van der Waals surface area contributed by atoms with Crippen LogP contribution in [0.2, 0.25) is 4.34 Å². The molecule has 1 atom stereocenters. The van der Waals surface area contributed by atoms with E-state index in [1.54, 1.807) is 6.07 Å². The quantitative estimate of drug-likeness (QED) is 0.830. The lowest BCUT2D eigenvalue weighted by atomic mass is 10.1. The highest BCUT2D eigenvalue weighted by molar-refractivity contribution is 7.18. The van der Waals surface area contributed by atoms with E-state index >= 15 is 0 Å². The molecule has 0 unspecified atom stereocenters. The van der Waals surface area contributed by atoms with E-state index in [-0.39, 0.29) is 18.4 Å². The lowest BCUT2D eigenvalue weighted by Gasteiger charge is -2.09. The van der Waals surface area contributed by atoms with Crippen LogP contribution < -0.4 is 10.6 Å². The standard InChI is InChI=1S/C13H16ClN3O3S/c1-2-5-15-12(18)7-16-13(19)9-6-8(17-20-9)10-3-4-11(14)21-10/h3-4,9H,2,5-7H2,1H3,(H,15,18)(H,16,19)/t9-/m1/s1. The molecule has 0 bridgehead atoms. The maximum Gasteiger partial charge on any atom is 0.264 e. The fourth-order valence-electron chi connectivity index (χ4n) is 1.74. The molecular weight excluding hydrogens is 314 g/mol. The van der Waals surface area contributed by atoms with E-state index in [1.165, 1.54) is 11.3 Å². The minimum Gasteiger partial charge on any atom is -0.382 e. The summed E-state index contributed by atoms with van der Waals surface area (Å²) < 4.78 is 0.660. The van der Waals surface area contributed by atoms with Gasteiger partial charge in [0.05, 0.1) is 15.8 Å². The number of nitrogens with one attached hydrogen (secondary N) is 2. The Morgan fingerprint density at radius 3 is 2.95 bits per heavy atom. The topological polar surface area (TPSA) is 79.8 Å². The molecule has 1 aliphatic heterocycles. The van der Waals surface area contributed by atoms with Gasteiger partial charge in [-0.25, -0.2) is 0 Å². The number of halogens is 1. The van der Waals surface area contributed by atoms with Crippen molar-refractivity contribution in [2.24, 2.45) is 5.16 Å². The Morgan fingerprint density at radius 1 is 1.48 bits per heavy atom. The Labute approximate surface area is 131 Å². The van der Waals surface area contributed by atoms with Crippen molar-refractivity contribution in [3.05, 3.63) is 21.3 Å². The SMILES string of the molecule is CCCNC(=O)CNC(=O)[C@H]1CC(c2ccc(Cl)s2)=NO1. The van der Waals surface area contributed by atoms with E-state index in [0.29, 0.717) is 23.0 Å². The summed E-state index contributed by atoms with van der Waals surface area (Å²) in [6.45, 7) is 2.50. The maximum absolute atomic E-state index is 11.9.